The summed E-state index contributed by atoms with van der Waals surface area (Å²) < 4.78 is 0. The van der Waals surface area contributed by atoms with Crippen LogP contribution < -0.4 is 15.5 Å². The zero-order valence-electron chi connectivity index (χ0n) is 13.0. The van der Waals surface area contributed by atoms with Gasteiger partial charge in [-0.05, 0) is 24.1 Å². The minimum atomic E-state index is 0.529. The number of rotatable bonds is 6. The molecule has 1 aromatic heterocycles. The van der Waals surface area contributed by atoms with Crippen molar-refractivity contribution < 1.29 is 0 Å². The molecule has 0 amide bonds. The number of nitrogens with zero attached hydrogens (tertiary/aromatic N) is 4. The van der Waals surface area contributed by atoms with E-state index in [1.165, 1.54) is 5.56 Å². The number of anilines is 4. The van der Waals surface area contributed by atoms with Crippen LogP contribution >= 0.6 is 0 Å². The third kappa shape index (κ3) is 4.05. The lowest BCUT2D eigenvalue weighted by atomic mass is 10.1. The highest BCUT2D eigenvalue weighted by atomic mass is 15.3. The van der Waals surface area contributed by atoms with Crippen LogP contribution in [0.5, 0.6) is 0 Å². The van der Waals surface area contributed by atoms with E-state index in [0.717, 1.165) is 18.5 Å². The molecule has 0 aliphatic heterocycles. The molecule has 0 fully saturated rings. The van der Waals surface area contributed by atoms with Crippen LogP contribution in [-0.4, -0.2) is 36.1 Å². The molecule has 21 heavy (non-hydrogen) atoms. The molecule has 6 heteroatoms. The van der Waals surface area contributed by atoms with Gasteiger partial charge in [0, 0.05) is 26.8 Å². The summed E-state index contributed by atoms with van der Waals surface area (Å²) in [6, 6.07) is 8.34. The van der Waals surface area contributed by atoms with E-state index in [1.807, 2.05) is 31.1 Å². The monoisotopic (exact) mass is 286 g/mol. The van der Waals surface area contributed by atoms with Crippen LogP contribution in [0.3, 0.4) is 0 Å². The third-order valence-corrected chi connectivity index (χ3v) is 3.00. The quantitative estimate of drug-likeness (QED) is 0.851. The Morgan fingerprint density at radius 1 is 1.00 bits per heavy atom. The molecule has 1 aromatic carbocycles. The second-order valence-corrected chi connectivity index (χ2v) is 5.00. The largest absolute Gasteiger partial charge is 0.357 e. The lowest BCUT2D eigenvalue weighted by molar-refractivity contribution is 0.922. The van der Waals surface area contributed by atoms with Crippen molar-refractivity contribution in [2.75, 3.05) is 36.7 Å². The fourth-order valence-corrected chi connectivity index (χ4v) is 1.90. The van der Waals surface area contributed by atoms with Crippen molar-refractivity contribution in [3.05, 3.63) is 29.8 Å². The van der Waals surface area contributed by atoms with Crippen molar-refractivity contribution in [1.82, 2.24) is 15.0 Å². The van der Waals surface area contributed by atoms with Gasteiger partial charge in [0.25, 0.3) is 0 Å². The number of benzene rings is 1. The first-order valence-electron chi connectivity index (χ1n) is 7.09. The Morgan fingerprint density at radius 2 is 1.67 bits per heavy atom. The van der Waals surface area contributed by atoms with E-state index in [9.17, 15) is 0 Å². The van der Waals surface area contributed by atoms with Gasteiger partial charge in [-0.25, -0.2) is 0 Å². The highest BCUT2D eigenvalue weighted by Gasteiger charge is 2.07. The van der Waals surface area contributed by atoms with Gasteiger partial charge in [-0.3, -0.25) is 0 Å². The molecule has 0 saturated heterocycles. The predicted octanol–water partition coefficient (Wildman–Crippen LogP) is 2.68. The first-order valence-corrected chi connectivity index (χ1v) is 7.09. The van der Waals surface area contributed by atoms with Gasteiger partial charge in [0.2, 0.25) is 17.8 Å². The molecule has 6 nitrogen and oxygen atoms in total. The SMILES string of the molecule is CCCc1ccc(Nc2nc(NC)nc(N(C)C)n2)cc1. The van der Waals surface area contributed by atoms with Gasteiger partial charge in [0.05, 0.1) is 0 Å². The molecule has 2 aromatic rings. The van der Waals surface area contributed by atoms with E-state index in [0.29, 0.717) is 17.8 Å². The van der Waals surface area contributed by atoms with Crippen molar-refractivity contribution in [1.29, 1.82) is 0 Å². The molecular weight excluding hydrogens is 264 g/mol. The lowest BCUT2D eigenvalue weighted by Crippen LogP contribution is -2.15. The molecule has 0 bridgehead atoms. The second kappa shape index (κ2) is 6.88. The topological polar surface area (TPSA) is 66.0 Å². The van der Waals surface area contributed by atoms with Gasteiger partial charge >= 0.3 is 0 Å². The van der Waals surface area contributed by atoms with E-state index in [4.69, 9.17) is 0 Å². The summed E-state index contributed by atoms with van der Waals surface area (Å²) in [5.74, 6) is 1.68. The predicted molar refractivity (Wildman–Crippen MR) is 87.4 cm³/mol. The van der Waals surface area contributed by atoms with Crippen LogP contribution in [0.15, 0.2) is 24.3 Å². The van der Waals surface area contributed by atoms with Crippen LogP contribution in [0.4, 0.5) is 23.5 Å². The first-order chi connectivity index (χ1) is 10.1. The Bertz CT molecular complexity index is 579. The van der Waals surface area contributed by atoms with Crippen molar-refractivity contribution in [3.8, 4) is 0 Å². The summed E-state index contributed by atoms with van der Waals surface area (Å²) in [5.41, 5.74) is 2.30. The maximum Gasteiger partial charge on any atom is 0.233 e. The minimum absolute atomic E-state index is 0.529. The van der Waals surface area contributed by atoms with Crippen molar-refractivity contribution in [2.24, 2.45) is 0 Å². The van der Waals surface area contributed by atoms with Crippen LogP contribution in [0, 0.1) is 0 Å². The standard InChI is InChI=1S/C15H22N6/c1-5-6-11-7-9-12(10-8-11)17-14-18-13(16-2)19-15(20-14)21(3)4/h7-10H,5-6H2,1-4H3,(H2,16,17,18,19,20). The maximum absolute atomic E-state index is 4.39. The van der Waals surface area contributed by atoms with Crippen LogP contribution in [0.2, 0.25) is 0 Å². The Balaban J connectivity index is 2.19. The normalized spacial score (nSPS) is 10.3. The fraction of sp³-hybridized carbons (Fsp3) is 0.400. The summed E-state index contributed by atoms with van der Waals surface area (Å²) in [5, 5.41) is 6.16. The van der Waals surface area contributed by atoms with Crippen molar-refractivity contribution in [3.63, 3.8) is 0 Å². The van der Waals surface area contributed by atoms with Crippen LogP contribution in [-0.2, 0) is 6.42 Å². The Morgan fingerprint density at radius 3 is 2.24 bits per heavy atom. The van der Waals surface area contributed by atoms with Gasteiger partial charge in [-0.1, -0.05) is 25.5 Å². The molecule has 0 saturated carbocycles. The van der Waals surface area contributed by atoms with Crippen molar-refractivity contribution >= 4 is 23.5 Å². The smallest absolute Gasteiger partial charge is 0.233 e. The Labute approximate surface area is 125 Å². The van der Waals surface area contributed by atoms with E-state index in [2.05, 4.69) is 44.6 Å². The molecule has 0 atom stereocenters. The van der Waals surface area contributed by atoms with Crippen LogP contribution in [0.1, 0.15) is 18.9 Å². The molecule has 0 radical (unpaired) electrons. The second-order valence-electron chi connectivity index (χ2n) is 5.00. The molecule has 1 heterocycles. The van der Waals surface area contributed by atoms with Gasteiger partial charge in [0.1, 0.15) is 0 Å². The molecule has 0 aliphatic carbocycles. The van der Waals surface area contributed by atoms with E-state index >= 15 is 0 Å². The molecular formula is C15H22N6. The third-order valence-electron chi connectivity index (χ3n) is 3.00. The van der Waals surface area contributed by atoms with E-state index in [1.54, 1.807) is 7.05 Å². The first kappa shape index (κ1) is 15.0. The van der Waals surface area contributed by atoms with E-state index in [-0.39, 0.29) is 0 Å². The summed E-state index contributed by atoms with van der Waals surface area (Å²) >= 11 is 0. The lowest BCUT2D eigenvalue weighted by Gasteiger charge is -2.13. The summed E-state index contributed by atoms with van der Waals surface area (Å²) in [4.78, 5) is 14.8. The molecule has 2 rings (SSSR count). The maximum atomic E-state index is 4.39. The van der Waals surface area contributed by atoms with Gasteiger partial charge in [0.15, 0.2) is 0 Å². The summed E-state index contributed by atoms with van der Waals surface area (Å²) in [7, 11) is 5.59. The minimum Gasteiger partial charge on any atom is -0.357 e. The Kier molecular flexibility index (Phi) is 4.92. The highest BCUT2D eigenvalue weighted by molar-refractivity contribution is 5.56. The van der Waals surface area contributed by atoms with E-state index < -0.39 is 0 Å². The van der Waals surface area contributed by atoms with Gasteiger partial charge in [-0.15, -0.1) is 0 Å². The molecule has 0 unspecified atom stereocenters. The molecule has 112 valence electrons. The number of aryl methyl sites for hydroxylation is 1. The molecule has 0 aliphatic rings. The fourth-order valence-electron chi connectivity index (χ4n) is 1.90. The number of aromatic nitrogens is 3. The highest BCUT2D eigenvalue weighted by Crippen LogP contribution is 2.17. The number of nitrogens with one attached hydrogen (secondary N) is 2. The average molecular weight is 286 g/mol. The zero-order valence-corrected chi connectivity index (χ0v) is 13.0. The van der Waals surface area contributed by atoms with Gasteiger partial charge < -0.3 is 15.5 Å². The number of hydrogen-bond acceptors (Lipinski definition) is 6. The van der Waals surface area contributed by atoms with Crippen molar-refractivity contribution in [2.45, 2.75) is 19.8 Å². The molecule has 0 spiro atoms. The summed E-state index contributed by atoms with van der Waals surface area (Å²) in [6.07, 6.45) is 2.25. The van der Waals surface area contributed by atoms with Gasteiger partial charge in [-0.2, -0.15) is 15.0 Å². The number of hydrogen-bond donors (Lipinski definition) is 2. The summed E-state index contributed by atoms with van der Waals surface area (Å²) in [6.45, 7) is 2.18. The average Bonchev–Trinajstić information content (AvgIpc) is 2.49. The van der Waals surface area contributed by atoms with Crippen LogP contribution in [0.25, 0.3) is 0 Å². The molecule has 2 N–H and O–H groups in total. The zero-order chi connectivity index (χ0) is 15.2. The Hall–Kier alpha value is -2.37.